The van der Waals surface area contributed by atoms with Crippen LogP contribution in [0.25, 0.3) is 0 Å². The van der Waals surface area contributed by atoms with Crippen LogP contribution in [0.1, 0.15) is 28.3 Å². The molecule has 1 heterocycles. The Labute approximate surface area is 112 Å². The predicted octanol–water partition coefficient (Wildman–Crippen LogP) is 2.67. The van der Waals surface area contributed by atoms with Crippen LogP contribution in [0.4, 0.5) is 4.39 Å². The van der Waals surface area contributed by atoms with Crippen molar-refractivity contribution in [3.05, 3.63) is 64.7 Å². The lowest BCUT2D eigenvalue weighted by Gasteiger charge is -2.16. The van der Waals surface area contributed by atoms with Crippen molar-refractivity contribution in [2.75, 3.05) is 13.6 Å². The Bertz CT molecular complexity index is 595. The number of aromatic nitrogens is 1. The van der Waals surface area contributed by atoms with Crippen molar-refractivity contribution in [3.8, 4) is 0 Å². The van der Waals surface area contributed by atoms with E-state index in [-0.39, 0.29) is 5.82 Å². The van der Waals surface area contributed by atoms with Crippen molar-refractivity contribution in [2.45, 2.75) is 18.8 Å². The third-order valence-corrected chi connectivity index (χ3v) is 3.77. The van der Waals surface area contributed by atoms with Gasteiger partial charge in [-0.3, -0.25) is 4.98 Å². The number of hydrogen-bond acceptors (Lipinski definition) is 2. The Balaban J connectivity index is 2.10. The van der Waals surface area contributed by atoms with E-state index in [0.717, 1.165) is 30.6 Å². The first-order chi connectivity index (χ1) is 9.28. The summed E-state index contributed by atoms with van der Waals surface area (Å²) in [6, 6.07) is 10.0. The van der Waals surface area contributed by atoms with Crippen molar-refractivity contribution < 1.29 is 4.39 Å². The minimum atomic E-state index is -0.249. The molecule has 1 unspecified atom stereocenters. The second-order valence-corrected chi connectivity index (χ2v) is 5.10. The summed E-state index contributed by atoms with van der Waals surface area (Å²) in [5.74, 6) is 0.0607. The van der Waals surface area contributed by atoms with E-state index < -0.39 is 0 Å². The Hall–Kier alpha value is -1.74. The molecule has 0 aliphatic heterocycles. The molecule has 0 saturated carbocycles. The summed E-state index contributed by atoms with van der Waals surface area (Å²) in [5.41, 5.74) is 4.69. The summed E-state index contributed by atoms with van der Waals surface area (Å²) in [4.78, 5) is 4.35. The molecule has 2 nitrogen and oxygen atoms in total. The van der Waals surface area contributed by atoms with Gasteiger partial charge in [-0.25, -0.2) is 4.39 Å². The predicted molar refractivity (Wildman–Crippen MR) is 73.8 cm³/mol. The van der Waals surface area contributed by atoms with Gasteiger partial charge in [-0.2, -0.15) is 0 Å². The van der Waals surface area contributed by atoms with Crippen molar-refractivity contribution >= 4 is 0 Å². The van der Waals surface area contributed by atoms with E-state index in [2.05, 4.69) is 28.5 Å². The van der Waals surface area contributed by atoms with E-state index in [0.29, 0.717) is 5.92 Å². The van der Waals surface area contributed by atoms with Crippen LogP contribution in [-0.2, 0) is 12.8 Å². The van der Waals surface area contributed by atoms with Crippen molar-refractivity contribution in [1.29, 1.82) is 0 Å². The molecule has 3 rings (SSSR count). The molecule has 1 aromatic heterocycles. The fourth-order valence-corrected chi connectivity index (χ4v) is 2.91. The number of nitrogens with zero attached hydrogens (tertiary/aromatic N) is 1. The van der Waals surface area contributed by atoms with Crippen LogP contribution in [0.2, 0.25) is 0 Å². The summed E-state index contributed by atoms with van der Waals surface area (Å²) in [5, 5.41) is 3.22. The number of rotatable bonds is 2. The lowest BCUT2D eigenvalue weighted by molar-refractivity contribution is 0.590. The molecule has 1 aromatic carbocycles. The van der Waals surface area contributed by atoms with E-state index in [1.165, 1.54) is 17.3 Å². The third-order valence-electron chi connectivity index (χ3n) is 3.77. The zero-order valence-electron chi connectivity index (χ0n) is 11.0. The van der Waals surface area contributed by atoms with Gasteiger partial charge in [0, 0.05) is 18.2 Å². The average molecular weight is 256 g/mol. The molecule has 1 aliphatic rings. The minimum Gasteiger partial charge on any atom is -0.319 e. The van der Waals surface area contributed by atoms with Gasteiger partial charge in [-0.1, -0.05) is 24.3 Å². The first-order valence-electron chi connectivity index (χ1n) is 6.63. The number of pyridine rings is 1. The molecule has 0 spiro atoms. The molecule has 0 radical (unpaired) electrons. The van der Waals surface area contributed by atoms with Crippen LogP contribution in [0, 0.1) is 5.82 Å². The largest absolute Gasteiger partial charge is 0.319 e. The number of likely N-dealkylation sites (N-methyl/N-ethyl adjacent to an activating group) is 1. The summed E-state index contributed by atoms with van der Waals surface area (Å²) >= 11 is 0. The standard InChI is InChI=1S/C16H17FN2/c1-18-9-14-7-12-5-3-2-4-11(12)6-13-8-15(17)10-19-16(13)14/h2-5,8,10,14,18H,6-7,9H2,1H3. The Morgan fingerprint density at radius 3 is 2.84 bits per heavy atom. The third kappa shape index (κ3) is 2.38. The quantitative estimate of drug-likeness (QED) is 0.893. The van der Waals surface area contributed by atoms with E-state index in [9.17, 15) is 4.39 Å². The second-order valence-electron chi connectivity index (χ2n) is 5.10. The summed E-state index contributed by atoms with van der Waals surface area (Å²) in [6.07, 6.45) is 3.07. The maximum Gasteiger partial charge on any atom is 0.141 e. The van der Waals surface area contributed by atoms with E-state index in [4.69, 9.17) is 0 Å². The van der Waals surface area contributed by atoms with Gasteiger partial charge in [0.1, 0.15) is 5.82 Å². The Morgan fingerprint density at radius 2 is 2.05 bits per heavy atom. The average Bonchev–Trinajstić information content (AvgIpc) is 2.55. The molecule has 0 bridgehead atoms. The zero-order valence-corrected chi connectivity index (χ0v) is 11.0. The van der Waals surface area contributed by atoms with E-state index >= 15 is 0 Å². The number of benzene rings is 1. The monoisotopic (exact) mass is 256 g/mol. The van der Waals surface area contributed by atoms with Crippen molar-refractivity contribution in [2.24, 2.45) is 0 Å². The molecule has 0 fully saturated rings. The van der Waals surface area contributed by atoms with Crippen LogP contribution in [0.3, 0.4) is 0 Å². The lowest BCUT2D eigenvalue weighted by atomic mass is 9.95. The van der Waals surface area contributed by atoms with Gasteiger partial charge in [0.2, 0.25) is 0 Å². The molecule has 0 amide bonds. The maximum atomic E-state index is 13.4. The van der Waals surface area contributed by atoms with E-state index in [1.807, 2.05) is 13.1 Å². The summed E-state index contributed by atoms with van der Waals surface area (Å²) in [7, 11) is 1.94. The first kappa shape index (κ1) is 12.3. The molecular formula is C16H17FN2. The molecule has 1 atom stereocenters. The maximum absolute atomic E-state index is 13.4. The highest BCUT2D eigenvalue weighted by molar-refractivity contribution is 5.40. The van der Waals surface area contributed by atoms with Gasteiger partial charge in [-0.05, 0) is 42.6 Å². The number of halogens is 1. The number of hydrogen-bond donors (Lipinski definition) is 1. The lowest BCUT2D eigenvalue weighted by Crippen LogP contribution is -2.20. The van der Waals surface area contributed by atoms with Crippen LogP contribution in [0.5, 0.6) is 0 Å². The highest BCUT2D eigenvalue weighted by Crippen LogP contribution is 2.30. The topological polar surface area (TPSA) is 24.9 Å². The fraction of sp³-hybridized carbons (Fsp3) is 0.312. The van der Waals surface area contributed by atoms with Crippen LogP contribution < -0.4 is 5.32 Å². The second kappa shape index (κ2) is 5.10. The Kier molecular flexibility index (Phi) is 3.30. The summed E-state index contributed by atoms with van der Waals surface area (Å²) < 4.78 is 13.4. The fourth-order valence-electron chi connectivity index (χ4n) is 2.91. The van der Waals surface area contributed by atoms with Gasteiger partial charge in [0.15, 0.2) is 0 Å². The first-order valence-corrected chi connectivity index (χ1v) is 6.63. The molecule has 3 heteroatoms. The number of fused-ring (bicyclic) bond motifs is 2. The van der Waals surface area contributed by atoms with Crippen LogP contribution in [-0.4, -0.2) is 18.6 Å². The van der Waals surface area contributed by atoms with Crippen LogP contribution in [0.15, 0.2) is 36.5 Å². The molecular weight excluding hydrogens is 239 g/mol. The van der Waals surface area contributed by atoms with Gasteiger partial charge in [0.05, 0.1) is 6.20 Å². The Morgan fingerprint density at radius 1 is 1.26 bits per heavy atom. The minimum absolute atomic E-state index is 0.249. The van der Waals surface area contributed by atoms with Gasteiger partial charge >= 0.3 is 0 Å². The molecule has 1 aliphatic carbocycles. The van der Waals surface area contributed by atoms with E-state index in [1.54, 1.807) is 6.07 Å². The molecule has 2 aromatic rings. The SMILES string of the molecule is CNCC1Cc2ccccc2Cc2cc(F)cnc21. The van der Waals surface area contributed by atoms with Crippen molar-refractivity contribution in [1.82, 2.24) is 10.3 Å². The molecule has 1 N–H and O–H groups in total. The zero-order chi connectivity index (χ0) is 13.2. The van der Waals surface area contributed by atoms with Gasteiger partial charge in [0.25, 0.3) is 0 Å². The highest BCUT2D eigenvalue weighted by Gasteiger charge is 2.23. The summed E-state index contributed by atoms with van der Waals surface area (Å²) in [6.45, 7) is 0.861. The van der Waals surface area contributed by atoms with Crippen LogP contribution >= 0.6 is 0 Å². The molecule has 0 saturated heterocycles. The normalized spacial score (nSPS) is 17.5. The highest BCUT2D eigenvalue weighted by atomic mass is 19.1. The number of nitrogens with one attached hydrogen (secondary N) is 1. The smallest absolute Gasteiger partial charge is 0.141 e. The molecule has 19 heavy (non-hydrogen) atoms. The van der Waals surface area contributed by atoms with Crippen molar-refractivity contribution in [3.63, 3.8) is 0 Å². The molecule has 98 valence electrons. The van der Waals surface area contributed by atoms with Gasteiger partial charge in [-0.15, -0.1) is 0 Å². The van der Waals surface area contributed by atoms with Gasteiger partial charge < -0.3 is 5.32 Å².